The normalized spacial score (nSPS) is 10.4. The molecule has 2 rings (SSSR count). The zero-order valence-corrected chi connectivity index (χ0v) is 12.8. The standard InChI is InChI=1S/C15H17NO3S/c1-9-5-6-12(7-13(9)18-4)15(17)19-8-14-10(2)16-11(3)20-14/h5-7H,8H2,1-4H3. The Hall–Kier alpha value is -1.88. The zero-order chi connectivity index (χ0) is 14.7. The maximum Gasteiger partial charge on any atom is 0.338 e. The number of ether oxygens (including phenoxy) is 2. The van der Waals surface area contributed by atoms with E-state index >= 15 is 0 Å². The number of thiazole rings is 1. The molecule has 1 aromatic carbocycles. The van der Waals surface area contributed by atoms with Crippen LogP contribution in [0.25, 0.3) is 0 Å². The van der Waals surface area contributed by atoms with Crippen LogP contribution in [0.5, 0.6) is 5.75 Å². The lowest BCUT2D eigenvalue weighted by molar-refractivity contribution is 0.0475. The van der Waals surface area contributed by atoms with Crippen molar-refractivity contribution in [2.24, 2.45) is 0 Å². The fraction of sp³-hybridized carbons (Fsp3) is 0.333. The molecule has 5 heteroatoms. The number of carbonyl (C=O) groups is 1. The lowest BCUT2D eigenvalue weighted by atomic mass is 10.1. The van der Waals surface area contributed by atoms with Crippen molar-refractivity contribution in [1.29, 1.82) is 0 Å². The molecule has 0 radical (unpaired) electrons. The van der Waals surface area contributed by atoms with Gasteiger partial charge in [0.1, 0.15) is 12.4 Å². The molecule has 0 aliphatic carbocycles. The van der Waals surface area contributed by atoms with Gasteiger partial charge in [0.15, 0.2) is 0 Å². The Kier molecular flexibility index (Phi) is 4.39. The first-order valence-electron chi connectivity index (χ1n) is 6.26. The van der Waals surface area contributed by atoms with E-state index in [0.717, 1.165) is 21.1 Å². The molecule has 1 aromatic heterocycles. The van der Waals surface area contributed by atoms with Gasteiger partial charge in [0.05, 0.1) is 28.3 Å². The van der Waals surface area contributed by atoms with Gasteiger partial charge in [-0.05, 0) is 38.5 Å². The van der Waals surface area contributed by atoms with Crippen LogP contribution in [-0.4, -0.2) is 18.1 Å². The Morgan fingerprint density at radius 3 is 2.65 bits per heavy atom. The molecule has 2 aromatic rings. The van der Waals surface area contributed by atoms with E-state index in [2.05, 4.69) is 4.98 Å². The molecule has 0 unspecified atom stereocenters. The van der Waals surface area contributed by atoms with Crippen molar-refractivity contribution in [3.8, 4) is 5.75 Å². The van der Waals surface area contributed by atoms with Gasteiger partial charge in [-0.15, -0.1) is 11.3 Å². The van der Waals surface area contributed by atoms with E-state index in [4.69, 9.17) is 9.47 Å². The van der Waals surface area contributed by atoms with Gasteiger partial charge in [0, 0.05) is 0 Å². The molecule has 0 saturated carbocycles. The summed E-state index contributed by atoms with van der Waals surface area (Å²) < 4.78 is 10.5. The maximum atomic E-state index is 12.0. The summed E-state index contributed by atoms with van der Waals surface area (Å²) in [6, 6.07) is 5.28. The lowest BCUT2D eigenvalue weighted by Gasteiger charge is -2.07. The third-order valence-corrected chi connectivity index (χ3v) is 4.02. The van der Waals surface area contributed by atoms with Crippen LogP contribution < -0.4 is 4.74 Å². The van der Waals surface area contributed by atoms with Gasteiger partial charge in [-0.2, -0.15) is 0 Å². The number of aromatic nitrogens is 1. The van der Waals surface area contributed by atoms with Crippen LogP contribution in [0, 0.1) is 20.8 Å². The summed E-state index contributed by atoms with van der Waals surface area (Å²) in [5, 5.41) is 0.977. The van der Waals surface area contributed by atoms with E-state index in [1.54, 1.807) is 30.6 Å². The second-order valence-corrected chi connectivity index (χ2v) is 5.79. The van der Waals surface area contributed by atoms with E-state index in [1.807, 2.05) is 26.8 Å². The molecule has 0 N–H and O–H groups in total. The number of carbonyl (C=O) groups excluding carboxylic acids is 1. The predicted octanol–water partition coefficient (Wildman–Crippen LogP) is 3.43. The van der Waals surface area contributed by atoms with Crippen molar-refractivity contribution in [3.63, 3.8) is 0 Å². The number of hydrogen-bond donors (Lipinski definition) is 0. The first-order chi connectivity index (χ1) is 9.51. The molecule has 4 nitrogen and oxygen atoms in total. The molecular formula is C15H17NO3S. The number of esters is 1. The van der Waals surface area contributed by atoms with Gasteiger partial charge in [0.25, 0.3) is 0 Å². The SMILES string of the molecule is COc1cc(C(=O)OCc2sc(C)nc2C)ccc1C. The Balaban J connectivity index is 2.07. The largest absolute Gasteiger partial charge is 0.496 e. The summed E-state index contributed by atoms with van der Waals surface area (Å²) in [4.78, 5) is 17.3. The number of benzene rings is 1. The number of rotatable bonds is 4. The number of hydrogen-bond acceptors (Lipinski definition) is 5. The minimum absolute atomic E-state index is 0.256. The summed E-state index contributed by atoms with van der Waals surface area (Å²) in [7, 11) is 1.58. The average molecular weight is 291 g/mol. The summed E-state index contributed by atoms with van der Waals surface area (Å²) >= 11 is 1.55. The minimum Gasteiger partial charge on any atom is -0.496 e. The second-order valence-electron chi connectivity index (χ2n) is 4.50. The number of aryl methyl sites for hydroxylation is 3. The molecule has 0 spiro atoms. The van der Waals surface area contributed by atoms with E-state index in [9.17, 15) is 4.79 Å². The van der Waals surface area contributed by atoms with Crippen molar-refractivity contribution in [2.45, 2.75) is 27.4 Å². The first-order valence-corrected chi connectivity index (χ1v) is 7.07. The molecule has 0 atom stereocenters. The highest BCUT2D eigenvalue weighted by molar-refractivity contribution is 7.11. The summed E-state index contributed by atoms with van der Waals surface area (Å²) in [6.45, 7) is 6.04. The highest BCUT2D eigenvalue weighted by Crippen LogP contribution is 2.21. The van der Waals surface area contributed by atoms with Gasteiger partial charge in [0.2, 0.25) is 0 Å². The highest BCUT2D eigenvalue weighted by atomic mass is 32.1. The Labute approximate surface area is 122 Å². The van der Waals surface area contributed by atoms with Crippen LogP contribution in [0.2, 0.25) is 0 Å². The van der Waals surface area contributed by atoms with Crippen molar-refractivity contribution in [3.05, 3.63) is 44.9 Å². The van der Waals surface area contributed by atoms with E-state index in [-0.39, 0.29) is 12.6 Å². The fourth-order valence-corrected chi connectivity index (χ4v) is 2.72. The molecule has 0 saturated heterocycles. The molecule has 20 heavy (non-hydrogen) atoms. The van der Waals surface area contributed by atoms with Gasteiger partial charge in [-0.1, -0.05) is 6.07 Å². The van der Waals surface area contributed by atoms with Gasteiger partial charge in [-0.3, -0.25) is 0 Å². The molecule has 0 bridgehead atoms. The zero-order valence-electron chi connectivity index (χ0n) is 12.0. The van der Waals surface area contributed by atoms with Gasteiger partial charge in [-0.25, -0.2) is 9.78 Å². The smallest absolute Gasteiger partial charge is 0.338 e. The van der Waals surface area contributed by atoms with Gasteiger partial charge < -0.3 is 9.47 Å². The average Bonchev–Trinajstić information content (AvgIpc) is 2.74. The van der Waals surface area contributed by atoms with E-state index in [1.165, 1.54) is 0 Å². The molecule has 106 valence electrons. The van der Waals surface area contributed by atoms with Crippen LogP contribution in [0.3, 0.4) is 0 Å². The van der Waals surface area contributed by atoms with Crippen LogP contribution in [0.1, 0.15) is 31.5 Å². The predicted molar refractivity (Wildman–Crippen MR) is 78.4 cm³/mol. The van der Waals surface area contributed by atoms with Crippen LogP contribution in [-0.2, 0) is 11.3 Å². The Bertz CT molecular complexity index is 634. The van der Waals surface area contributed by atoms with E-state index < -0.39 is 0 Å². The summed E-state index contributed by atoms with van der Waals surface area (Å²) in [6.07, 6.45) is 0. The topological polar surface area (TPSA) is 48.4 Å². The Morgan fingerprint density at radius 1 is 1.30 bits per heavy atom. The van der Waals surface area contributed by atoms with Crippen LogP contribution in [0.4, 0.5) is 0 Å². The van der Waals surface area contributed by atoms with Crippen molar-refractivity contribution in [1.82, 2.24) is 4.98 Å². The molecule has 1 heterocycles. The Morgan fingerprint density at radius 2 is 2.05 bits per heavy atom. The third-order valence-electron chi connectivity index (χ3n) is 2.98. The molecular weight excluding hydrogens is 274 g/mol. The molecule has 0 fully saturated rings. The minimum atomic E-state index is -0.353. The summed E-state index contributed by atoms with van der Waals surface area (Å²) in [5.74, 6) is 0.331. The van der Waals surface area contributed by atoms with Crippen LogP contribution in [0.15, 0.2) is 18.2 Å². The fourth-order valence-electron chi connectivity index (χ4n) is 1.87. The van der Waals surface area contributed by atoms with Crippen molar-refractivity contribution < 1.29 is 14.3 Å². The second kappa shape index (κ2) is 6.05. The van der Waals surface area contributed by atoms with Crippen molar-refractivity contribution in [2.75, 3.05) is 7.11 Å². The third kappa shape index (κ3) is 3.17. The van der Waals surface area contributed by atoms with Gasteiger partial charge >= 0.3 is 5.97 Å². The summed E-state index contributed by atoms with van der Waals surface area (Å²) in [5.41, 5.74) is 2.39. The van der Waals surface area contributed by atoms with Crippen LogP contribution >= 0.6 is 11.3 Å². The molecule has 0 aliphatic heterocycles. The first kappa shape index (κ1) is 14.5. The van der Waals surface area contributed by atoms with E-state index in [0.29, 0.717) is 11.3 Å². The monoisotopic (exact) mass is 291 g/mol. The molecule has 0 aliphatic rings. The van der Waals surface area contributed by atoms with Crippen molar-refractivity contribution >= 4 is 17.3 Å². The quantitative estimate of drug-likeness (QED) is 0.810. The number of methoxy groups -OCH3 is 1. The number of nitrogens with zero attached hydrogens (tertiary/aromatic N) is 1. The highest BCUT2D eigenvalue weighted by Gasteiger charge is 2.12. The maximum absolute atomic E-state index is 12.0. The lowest BCUT2D eigenvalue weighted by Crippen LogP contribution is -2.05. The molecule has 0 amide bonds.